The average Bonchev–Trinajstić information content (AvgIpc) is 3.05. The Morgan fingerprint density at radius 2 is 0.915 bits per heavy atom. The summed E-state index contributed by atoms with van der Waals surface area (Å²) in [5, 5.41) is 8.81. The number of ether oxygens (including phenoxy) is 2. The molecule has 0 aromatic heterocycles. The predicted molar refractivity (Wildman–Crippen MR) is 188 cm³/mol. The van der Waals surface area contributed by atoms with Gasteiger partial charge in [-0.25, -0.2) is 0 Å². The fourth-order valence-corrected chi connectivity index (χ4v) is 6.29. The van der Waals surface area contributed by atoms with E-state index in [-0.39, 0.29) is 19.4 Å². The van der Waals surface area contributed by atoms with Crippen molar-refractivity contribution >= 4 is 19.8 Å². The lowest BCUT2D eigenvalue weighted by Gasteiger charge is -2.25. The van der Waals surface area contributed by atoms with E-state index in [4.69, 9.17) is 19.1 Å². The van der Waals surface area contributed by atoms with Crippen LogP contribution in [-0.2, 0) is 32.7 Å². The highest BCUT2D eigenvalue weighted by molar-refractivity contribution is 7.45. The van der Waals surface area contributed by atoms with E-state index >= 15 is 0 Å². The molecule has 9 nitrogen and oxygen atoms in total. The zero-order chi connectivity index (χ0) is 34.7. The number of esters is 2. The molecule has 1 N–H and O–H groups in total. The molecule has 0 aliphatic rings. The van der Waals surface area contributed by atoms with Gasteiger partial charge in [-0.05, 0) is 12.8 Å². The first-order valence-electron chi connectivity index (χ1n) is 19.4. The Kier molecular flexibility index (Phi) is 34.1. The summed E-state index contributed by atoms with van der Waals surface area (Å²) in [7, 11) is -4.69. The Hall–Kier alpha value is -0.990. The minimum atomic E-state index is -4.69. The van der Waals surface area contributed by atoms with Crippen LogP contribution in [0.3, 0.4) is 0 Å². The minimum absolute atomic E-state index is 0.206. The van der Waals surface area contributed by atoms with Crippen molar-refractivity contribution in [2.45, 2.75) is 200 Å². The van der Waals surface area contributed by atoms with Crippen molar-refractivity contribution in [1.82, 2.24) is 0 Å². The fraction of sp³-hybridized carbons (Fsp3) is 0.946. The second kappa shape index (κ2) is 34.9. The first kappa shape index (κ1) is 46.0. The van der Waals surface area contributed by atoms with Crippen molar-refractivity contribution in [2.24, 2.45) is 0 Å². The smallest absolute Gasteiger partial charge is 0.306 e. The number of aliphatic hydroxyl groups is 1. The zero-order valence-electron chi connectivity index (χ0n) is 30.4. The lowest BCUT2D eigenvalue weighted by molar-refractivity contribution is -0.229. The quantitative estimate of drug-likeness (QED) is 0.0384. The van der Waals surface area contributed by atoms with Crippen LogP contribution in [-0.4, -0.2) is 49.6 Å². The van der Waals surface area contributed by atoms with Gasteiger partial charge in [0.2, 0.25) is 0 Å². The fourth-order valence-electron chi connectivity index (χ4n) is 5.56. The summed E-state index contributed by atoms with van der Waals surface area (Å²) < 4.78 is 32.0. The van der Waals surface area contributed by atoms with Gasteiger partial charge in [0.1, 0.15) is 6.61 Å². The Morgan fingerprint density at radius 1 is 0.553 bits per heavy atom. The normalized spacial score (nSPS) is 13.4. The van der Waals surface area contributed by atoms with Gasteiger partial charge in [-0.3, -0.25) is 14.2 Å². The summed E-state index contributed by atoms with van der Waals surface area (Å²) in [5.41, 5.74) is 0. The van der Waals surface area contributed by atoms with Crippen molar-refractivity contribution in [3.63, 3.8) is 0 Å². The molecule has 2 atom stereocenters. The van der Waals surface area contributed by atoms with Gasteiger partial charge in [0.25, 0.3) is 7.82 Å². The number of phosphoric acid groups is 1. The molecule has 0 saturated carbocycles. The van der Waals surface area contributed by atoms with Crippen LogP contribution in [0.15, 0.2) is 0 Å². The largest absolute Gasteiger partial charge is 0.756 e. The van der Waals surface area contributed by atoms with E-state index in [0.717, 1.165) is 38.5 Å². The van der Waals surface area contributed by atoms with Crippen LogP contribution in [0.4, 0.5) is 0 Å². The summed E-state index contributed by atoms with van der Waals surface area (Å²) in [6.45, 7) is 2.75. The molecule has 47 heavy (non-hydrogen) atoms. The van der Waals surface area contributed by atoms with E-state index in [0.29, 0.717) is 6.42 Å². The highest BCUT2D eigenvalue weighted by Crippen LogP contribution is 2.38. The Labute approximate surface area is 288 Å². The van der Waals surface area contributed by atoms with Gasteiger partial charge < -0.3 is 28.5 Å². The maximum Gasteiger partial charge on any atom is 0.306 e. The summed E-state index contributed by atoms with van der Waals surface area (Å²) in [5.74, 6) is -0.890. The molecule has 0 fully saturated rings. The molecule has 0 aliphatic heterocycles. The molecule has 0 rings (SSSR count). The van der Waals surface area contributed by atoms with Crippen molar-refractivity contribution in [1.29, 1.82) is 0 Å². The van der Waals surface area contributed by atoms with Crippen molar-refractivity contribution in [3.8, 4) is 0 Å². The molecule has 0 aromatic rings. The third kappa shape index (κ3) is 34.7. The van der Waals surface area contributed by atoms with Crippen LogP contribution in [0, 0.1) is 0 Å². The molecule has 0 saturated heterocycles. The monoisotopic (exact) mass is 691 g/mol. The van der Waals surface area contributed by atoms with Gasteiger partial charge in [0.05, 0.1) is 19.8 Å². The lowest BCUT2D eigenvalue weighted by Crippen LogP contribution is -2.30. The van der Waals surface area contributed by atoms with Crippen LogP contribution in [0.2, 0.25) is 0 Å². The second-order valence-electron chi connectivity index (χ2n) is 13.1. The van der Waals surface area contributed by atoms with Gasteiger partial charge in [0, 0.05) is 12.8 Å². The molecule has 0 aliphatic carbocycles. The van der Waals surface area contributed by atoms with E-state index in [9.17, 15) is 19.0 Å². The van der Waals surface area contributed by atoms with Crippen LogP contribution in [0.25, 0.3) is 0 Å². The highest BCUT2D eigenvalue weighted by atomic mass is 31.2. The SMILES string of the molecule is CCCCCCCCCCCCCCCC(=O)OC[C@H](COP(=O)([O-])OCCO)OC(=O)CCCCCCCCCCCCCCC. The molecular formula is C37H72O9P-. The van der Waals surface area contributed by atoms with Crippen LogP contribution in [0.5, 0.6) is 0 Å². The van der Waals surface area contributed by atoms with Crippen LogP contribution < -0.4 is 4.89 Å². The standard InChI is InChI=1S/C37H73O9P/c1-3-5-7-9-11-13-15-17-19-21-23-25-27-29-36(39)43-33-35(34-45-47(41,42)44-32-31-38)46-37(40)30-28-26-24-22-20-18-16-14-12-10-8-6-4-2/h35,38H,3-34H2,1-2H3,(H,41,42)/p-1/t35-/m1/s1. The van der Waals surface area contributed by atoms with Crippen LogP contribution >= 0.6 is 7.82 Å². The maximum atomic E-state index is 12.5. The molecule has 0 amide bonds. The maximum absolute atomic E-state index is 12.5. The van der Waals surface area contributed by atoms with Gasteiger partial charge in [-0.15, -0.1) is 0 Å². The van der Waals surface area contributed by atoms with Gasteiger partial charge in [-0.1, -0.05) is 168 Å². The summed E-state index contributed by atoms with van der Waals surface area (Å²) in [6, 6.07) is 0. The highest BCUT2D eigenvalue weighted by Gasteiger charge is 2.21. The molecule has 0 bridgehead atoms. The molecule has 10 heteroatoms. The second-order valence-corrected chi connectivity index (χ2v) is 14.5. The van der Waals surface area contributed by atoms with E-state index in [1.54, 1.807) is 0 Å². The lowest BCUT2D eigenvalue weighted by atomic mass is 10.0. The van der Waals surface area contributed by atoms with Gasteiger partial charge in [-0.2, -0.15) is 0 Å². The minimum Gasteiger partial charge on any atom is -0.756 e. The average molecular weight is 692 g/mol. The topological polar surface area (TPSA) is 131 Å². The number of aliphatic hydroxyl groups excluding tert-OH is 1. The third-order valence-corrected chi connectivity index (χ3v) is 9.42. The molecule has 0 radical (unpaired) electrons. The number of hydrogen-bond donors (Lipinski definition) is 1. The third-order valence-electron chi connectivity index (χ3n) is 8.46. The summed E-state index contributed by atoms with van der Waals surface area (Å²) in [6.07, 6.45) is 30.8. The van der Waals surface area contributed by atoms with Crippen LogP contribution in [0.1, 0.15) is 194 Å². The van der Waals surface area contributed by atoms with E-state index in [2.05, 4.69) is 18.4 Å². The molecule has 0 spiro atoms. The Bertz CT molecular complexity index is 749. The number of rotatable bonds is 37. The van der Waals surface area contributed by atoms with E-state index < -0.39 is 45.7 Å². The van der Waals surface area contributed by atoms with Crippen molar-refractivity contribution in [2.75, 3.05) is 26.4 Å². The van der Waals surface area contributed by atoms with Gasteiger partial charge >= 0.3 is 11.9 Å². The van der Waals surface area contributed by atoms with E-state index in [1.165, 1.54) is 122 Å². The number of carbonyl (C=O) groups is 2. The van der Waals surface area contributed by atoms with Crippen molar-refractivity contribution < 1.29 is 42.7 Å². The molecule has 1 unspecified atom stereocenters. The Balaban J connectivity index is 4.18. The molecule has 280 valence electrons. The Morgan fingerprint density at radius 3 is 1.30 bits per heavy atom. The number of carbonyl (C=O) groups excluding carboxylic acids is 2. The molecule has 0 heterocycles. The van der Waals surface area contributed by atoms with E-state index in [1.807, 2.05) is 0 Å². The number of phosphoric ester groups is 1. The first-order chi connectivity index (χ1) is 22.8. The number of hydrogen-bond acceptors (Lipinski definition) is 9. The van der Waals surface area contributed by atoms with Crippen molar-refractivity contribution in [3.05, 3.63) is 0 Å². The number of unbranched alkanes of at least 4 members (excludes halogenated alkanes) is 24. The van der Waals surface area contributed by atoms with Gasteiger partial charge in [0.15, 0.2) is 6.10 Å². The molecule has 0 aromatic carbocycles. The summed E-state index contributed by atoms with van der Waals surface area (Å²) >= 11 is 0. The zero-order valence-corrected chi connectivity index (χ0v) is 31.3. The first-order valence-corrected chi connectivity index (χ1v) is 20.9. The summed E-state index contributed by atoms with van der Waals surface area (Å²) in [4.78, 5) is 36.7. The molecular weight excluding hydrogens is 619 g/mol. The predicted octanol–water partition coefficient (Wildman–Crippen LogP) is 9.90.